The number of benzene rings is 2. The summed E-state index contributed by atoms with van der Waals surface area (Å²) in [6, 6.07) is 14.4. The maximum atomic E-state index is 9.24. The second kappa shape index (κ2) is 15.3. The lowest BCUT2D eigenvalue weighted by Crippen LogP contribution is -2.34. The predicted octanol–water partition coefficient (Wildman–Crippen LogP) is 7.04. The number of hydrogen-bond donors (Lipinski definition) is 3. The van der Waals surface area contributed by atoms with Crippen molar-refractivity contribution in [1.29, 1.82) is 5.26 Å². The van der Waals surface area contributed by atoms with Crippen LogP contribution in [0, 0.1) is 17.2 Å². The molecule has 3 aromatic rings. The molecular weight excluding hydrogens is 525 g/mol. The molecule has 0 amide bonds. The van der Waals surface area contributed by atoms with Crippen LogP contribution < -0.4 is 20.9 Å². The van der Waals surface area contributed by atoms with E-state index in [0.29, 0.717) is 17.2 Å². The minimum atomic E-state index is 0.552. The fraction of sp³-hybridized carbons (Fsp3) is 0.533. The van der Waals surface area contributed by atoms with Crippen molar-refractivity contribution in [3.8, 4) is 11.8 Å². The molecule has 0 atom stereocenters. The van der Waals surface area contributed by atoms with Gasteiger partial charge in [0.05, 0.1) is 22.4 Å². The molecule has 9 heteroatoms. The van der Waals surface area contributed by atoms with E-state index in [-0.39, 0.29) is 0 Å². The summed E-state index contributed by atoms with van der Waals surface area (Å²) in [5, 5.41) is 10.0. The Labute approximate surface area is 241 Å². The van der Waals surface area contributed by atoms with Crippen LogP contribution in [-0.4, -0.2) is 42.7 Å². The van der Waals surface area contributed by atoms with Crippen molar-refractivity contribution in [2.24, 2.45) is 11.7 Å². The molecule has 0 radical (unpaired) electrons. The zero-order chi connectivity index (χ0) is 27.5. The number of anilines is 2. The number of thiazole rings is 1. The largest absolute Gasteiger partial charge is 0.493 e. The van der Waals surface area contributed by atoms with E-state index in [1.165, 1.54) is 76.3 Å². The molecule has 0 unspecified atom stereocenters. The molecule has 5 rings (SSSR count). The van der Waals surface area contributed by atoms with Gasteiger partial charge in [-0.2, -0.15) is 5.26 Å². The summed E-state index contributed by atoms with van der Waals surface area (Å²) in [6.45, 7) is 2.82. The summed E-state index contributed by atoms with van der Waals surface area (Å²) in [6.07, 6.45) is 13.5. The Morgan fingerprint density at radius 1 is 1.10 bits per heavy atom. The summed E-state index contributed by atoms with van der Waals surface area (Å²) in [4.78, 5) is 7.92. The first-order chi connectivity index (χ1) is 19.1. The summed E-state index contributed by atoms with van der Waals surface area (Å²) < 4.78 is 10.3. The first kappa shape index (κ1) is 29.5. The van der Waals surface area contributed by atoms with Gasteiger partial charge in [0.25, 0.3) is 0 Å². The number of aromatic nitrogens is 1. The fourth-order valence-corrected chi connectivity index (χ4v) is 6.93. The molecule has 2 aliphatic rings. The van der Waals surface area contributed by atoms with Crippen LogP contribution in [0.25, 0.3) is 10.2 Å². The molecule has 0 bridgehead atoms. The SMILES string of the molecule is CN(CCCN)C1CCCCC1.N#Cc1cc(N)ccc1SNc1nc2ccc(OCC3CCCC3)cc2s1. The van der Waals surface area contributed by atoms with Gasteiger partial charge in [0.1, 0.15) is 11.8 Å². The number of fused-ring (bicyclic) bond motifs is 1. The lowest BCUT2D eigenvalue weighted by Gasteiger charge is -2.30. The maximum Gasteiger partial charge on any atom is 0.194 e. The Morgan fingerprint density at radius 2 is 1.87 bits per heavy atom. The van der Waals surface area contributed by atoms with Gasteiger partial charge in [-0.15, -0.1) is 0 Å². The van der Waals surface area contributed by atoms with Gasteiger partial charge in [0.15, 0.2) is 5.13 Å². The van der Waals surface area contributed by atoms with Crippen LogP contribution in [0.5, 0.6) is 5.75 Å². The molecule has 2 aliphatic carbocycles. The van der Waals surface area contributed by atoms with Gasteiger partial charge >= 0.3 is 0 Å². The first-order valence-corrected chi connectivity index (χ1v) is 15.8. The smallest absolute Gasteiger partial charge is 0.194 e. The number of nitrogens with zero attached hydrogens (tertiary/aromatic N) is 3. The van der Waals surface area contributed by atoms with E-state index in [0.717, 1.165) is 51.6 Å². The summed E-state index contributed by atoms with van der Waals surface area (Å²) in [5.41, 5.74) is 13.3. The van der Waals surface area contributed by atoms with Gasteiger partial charge < -0.3 is 25.8 Å². The highest BCUT2D eigenvalue weighted by Gasteiger charge is 2.17. The van der Waals surface area contributed by atoms with Crippen LogP contribution in [0.2, 0.25) is 0 Å². The van der Waals surface area contributed by atoms with Crippen LogP contribution in [0.15, 0.2) is 41.3 Å². The summed E-state index contributed by atoms with van der Waals surface area (Å²) in [5.74, 6) is 1.60. The van der Waals surface area contributed by atoms with Crippen molar-refractivity contribution in [2.45, 2.75) is 75.1 Å². The van der Waals surface area contributed by atoms with E-state index in [2.05, 4.69) is 33.8 Å². The first-order valence-electron chi connectivity index (χ1n) is 14.2. The Kier molecular flexibility index (Phi) is 11.6. The number of nitrogen functional groups attached to an aromatic ring is 1. The minimum absolute atomic E-state index is 0.552. The van der Waals surface area contributed by atoms with Gasteiger partial charge in [-0.3, -0.25) is 0 Å². The molecule has 2 saturated carbocycles. The van der Waals surface area contributed by atoms with E-state index >= 15 is 0 Å². The van der Waals surface area contributed by atoms with Gasteiger partial charge in [-0.25, -0.2) is 4.98 Å². The van der Waals surface area contributed by atoms with Crippen molar-refractivity contribution in [1.82, 2.24) is 9.88 Å². The number of rotatable bonds is 10. The zero-order valence-electron chi connectivity index (χ0n) is 23.0. The third kappa shape index (κ3) is 9.00. The number of ether oxygens (including phenoxy) is 1. The molecule has 1 heterocycles. The van der Waals surface area contributed by atoms with Crippen LogP contribution in [-0.2, 0) is 0 Å². The molecule has 2 aromatic carbocycles. The third-order valence-electron chi connectivity index (χ3n) is 7.61. The highest BCUT2D eigenvalue weighted by atomic mass is 32.2. The molecule has 0 spiro atoms. The zero-order valence-corrected chi connectivity index (χ0v) is 24.7. The fourth-order valence-electron chi connectivity index (χ4n) is 5.30. The van der Waals surface area contributed by atoms with Crippen LogP contribution >= 0.6 is 23.3 Å². The summed E-state index contributed by atoms with van der Waals surface area (Å²) >= 11 is 2.94. The monoisotopic (exact) mass is 566 g/mol. The van der Waals surface area contributed by atoms with Crippen LogP contribution in [0.3, 0.4) is 0 Å². The topological polar surface area (TPSA) is 113 Å². The number of nitrogens with one attached hydrogen (secondary N) is 1. The van der Waals surface area contributed by atoms with Gasteiger partial charge in [-0.05, 0) is 107 Å². The molecule has 39 heavy (non-hydrogen) atoms. The van der Waals surface area contributed by atoms with Gasteiger partial charge in [0, 0.05) is 16.6 Å². The highest BCUT2D eigenvalue weighted by molar-refractivity contribution is 8.00. The highest BCUT2D eigenvalue weighted by Crippen LogP contribution is 2.33. The Hall–Kier alpha value is -2.51. The van der Waals surface area contributed by atoms with E-state index < -0.39 is 0 Å². The van der Waals surface area contributed by atoms with Crippen LogP contribution in [0.1, 0.15) is 69.8 Å². The minimum Gasteiger partial charge on any atom is -0.493 e. The van der Waals surface area contributed by atoms with Gasteiger partial charge in [0.2, 0.25) is 0 Å². The van der Waals surface area contributed by atoms with Crippen LogP contribution in [0.4, 0.5) is 10.8 Å². The molecule has 0 saturated heterocycles. The second-order valence-corrected chi connectivity index (χ2v) is 12.5. The van der Waals surface area contributed by atoms with Crippen molar-refractivity contribution in [3.63, 3.8) is 0 Å². The Bertz CT molecular complexity index is 1210. The normalized spacial score (nSPS) is 16.2. The van der Waals surface area contributed by atoms with E-state index in [9.17, 15) is 5.26 Å². The molecule has 0 aliphatic heterocycles. The lowest BCUT2D eigenvalue weighted by atomic mass is 9.94. The Balaban J connectivity index is 0.000000247. The molecule has 5 N–H and O–H groups in total. The van der Waals surface area contributed by atoms with Gasteiger partial charge in [-0.1, -0.05) is 43.4 Å². The average Bonchev–Trinajstić information content (AvgIpc) is 3.64. The Morgan fingerprint density at radius 3 is 2.62 bits per heavy atom. The van der Waals surface area contributed by atoms with E-state index in [1.54, 1.807) is 23.5 Å². The van der Waals surface area contributed by atoms with Crippen molar-refractivity contribution >= 4 is 44.3 Å². The number of nitrogens with two attached hydrogens (primary N) is 2. The molecule has 210 valence electrons. The van der Waals surface area contributed by atoms with E-state index in [4.69, 9.17) is 16.2 Å². The average molecular weight is 567 g/mol. The molecular formula is C30H42N6OS2. The maximum absolute atomic E-state index is 9.24. The number of nitriles is 1. The lowest BCUT2D eigenvalue weighted by molar-refractivity contribution is 0.191. The molecule has 1 aromatic heterocycles. The van der Waals surface area contributed by atoms with Crippen molar-refractivity contribution < 1.29 is 4.74 Å². The second-order valence-electron chi connectivity index (χ2n) is 10.6. The van der Waals surface area contributed by atoms with Crippen molar-refractivity contribution in [3.05, 3.63) is 42.0 Å². The molecule has 2 fully saturated rings. The third-order valence-corrected chi connectivity index (χ3v) is 9.54. The summed E-state index contributed by atoms with van der Waals surface area (Å²) in [7, 11) is 2.24. The quantitative estimate of drug-likeness (QED) is 0.177. The molecule has 7 nitrogen and oxygen atoms in total. The van der Waals surface area contributed by atoms with E-state index in [1.807, 2.05) is 18.2 Å². The predicted molar refractivity (Wildman–Crippen MR) is 165 cm³/mol. The standard InChI is InChI=1S/C20H20N4OS2.C10H22N2/c21-11-14-9-15(22)5-8-18(14)27-24-20-23-17-7-6-16(10-19(17)26-20)25-12-13-3-1-2-4-13;1-12(9-5-8-11)10-6-3-2-4-7-10/h5-10,13H,1-4,12,22H2,(H,23,24);10H,2-9,11H2,1H3. The number of hydrogen-bond acceptors (Lipinski definition) is 9. The van der Waals surface area contributed by atoms with Crippen molar-refractivity contribution in [2.75, 3.05) is 37.2 Å².